The quantitative estimate of drug-likeness (QED) is 0.209. The van der Waals surface area contributed by atoms with E-state index in [4.69, 9.17) is 9.47 Å². The molecule has 0 amide bonds. The van der Waals surface area contributed by atoms with E-state index in [-0.39, 0.29) is 39.1 Å². The number of aliphatic hydroxyl groups is 3. The molecule has 0 aromatic rings. The Morgan fingerprint density at radius 3 is 2.13 bits per heavy atom. The van der Waals surface area contributed by atoms with Crippen LogP contribution in [0.15, 0.2) is 11.6 Å². The van der Waals surface area contributed by atoms with Gasteiger partial charge < -0.3 is 35.0 Å². The number of hydrogen-bond acceptors (Lipinski definition) is 7. The number of carboxylic acid groups (broad SMARTS) is 2. The normalized spacial score (nSPS) is 51.9. The summed E-state index contributed by atoms with van der Waals surface area (Å²) in [7, 11) is 0. The topological polar surface area (TPSA) is 154 Å². The van der Waals surface area contributed by atoms with Crippen molar-refractivity contribution in [3.63, 3.8) is 0 Å². The lowest BCUT2D eigenvalue weighted by molar-refractivity contribution is -0.324. The van der Waals surface area contributed by atoms with Gasteiger partial charge in [0.2, 0.25) is 0 Å². The second-order valence-corrected chi connectivity index (χ2v) is 17.9. The van der Waals surface area contributed by atoms with Gasteiger partial charge in [-0.05, 0) is 109 Å². The average molecular weight is 633 g/mol. The molecule has 0 unspecified atom stereocenters. The average Bonchev–Trinajstić information content (AvgIpc) is 2.94. The molecule has 0 radical (unpaired) electrons. The second kappa shape index (κ2) is 10.5. The number of ether oxygens (including phenoxy) is 2. The summed E-state index contributed by atoms with van der Waals surface area (Å²) in [4.78, 5) is 24.6. The van der Waals surface area contributed by atoms with Gasteiger partial charge in [-0.2, -0.15) is 0 Å². The summed E-state index contributed by atoms with van der Waals surface area (Å²) in [6.07, 6.45) is 2.94. The van der Waals surface area contributed by atoms with E-state index in [2.05, 4.69) is 54.5 Å². The molecule has 45 heavy (non-hydrogen) atoms. The molecule has 6 aliphatic rings. The molecule has 0 bridgehead atoms. The van der Waals surface area contributed by atoms with Crippen LogP contribution >= 0.6 is 0 Å². The minimum Gasteiger partial charge on any atom is -0.481 e. The zero-order chi connectivity index (χ0) is 33.1. The van der Waals surface area contributed by atoms with Crippen LogP contribution in [-0.4, -0.2) is 74.3 Å². The predicted octanol–water partition coefficient (Wildman–Crippen LogP) is 5.15. The number of rotatable bonds is 4. The Morgan fingerprint density at radius 1 is 0.822 bits per heavy atom. The zero-order valence-corrected chi connectivity index (χ0v) is 28.2. The molecule has 5 aliphatic carbocycles. The first-order valence-corrected chi connectivity index (χ1v) is 17.3. The van der Waals surface area contributed by atoms with Crippen molar-refractivity contribution in [1.82, 2.24) is 0 Å². The number of carbonyl (C=O) groups is 2. The van der Waals surface area contributed by atoms with Gasteiger partial charge in [-0.25, -0.2) is 4.79 Å². The van der Waals surface area contributed by atoms with Crippen molar-refractivity contribution in [2.45, 2.75) is 149 Å². The third kappa shape index (κ3) is 4.57. The lowest BCUT2D eigenvalue weighted by atomic mass is 9.33. The van der Waals surface area contributed by atoms with Gasteiger partial charge in [0.1, 0.15) is 18.3 Å². The number of aliphatic hydroxyl groups excluding tert-OH is 3. The van der Waals surface area contributed by atoms with Crippen LogP contribution in [0.5, 0.6) is 0 Å². The highest BCUT2D eigenvalue weighted by Gasteiger charge is 2.69. The summed E-state index contributed by atoms with van der Waals surface area (Å²) < 4.78 is 11.9. The Morgan fingerprint density at radius 2 is 1.49 bits per heavy atom. The first-order chi connectivity index (χ1) is 20.7. The van der Waals surface area contributed by atoms with Crippen LogP contribution in [0.3, 0.4) is 0 Å². The lowest BCUT2D eigenvalue weighted by Gasteiger charge is -2.71. The summed E-state index contributed by atoms with van der Waals surface area (Å²) in [5.74, 6) is -1.24. The van der Waals surface area contributed by atoms with E-state index in [9.17, 15) is 35.1 Å². The number of carboxylic acids is 2. The molecule has 6 rings (SSSR count). The number of fused-ring (bicyclic) bond motifs is 7. The molecule has 9 nitrogen and oxygen atoms in total. The first kappa shape index (κ1) is 33.4. The molecular formula is C36H56O9. The summed E-state index contributed by atoms with van der Waals surface area (Å²) >= 11 is 0. The maximum atomic E-state index is 12.9. The summed E-state index contributed by atoms with van der Waals surface area (Å²) in [5, 5.41) is 51.4. The molecule has 5 fully saturated rings. The molecular weight excluding hydrogens is 576 g/mol. The van der Waals surface area contributed by atoms with Crippen molar-refractivity contribution in [3.05, 3.63) is 11.6 Å². The van der Waals surface area contributed by atoms with Gasteiger partial charge in [0.05, 0.1) is 11.5 Å². The molecule has 9 heteroatoms. The maximum Gasteiger partial charge on any atom is 0.335 e. The molecule has 254 valence electrons. The Hall–Kier alpha value is -1.52. The molecule has 5 N–H and O–H groups in total. The fourth-order valence-electron chi connectivity index (χ4n) is 12.2. The molecule has 13 atom stereocenters. The van der Waals surface area contributed by atoms with Gasteiger partial charge in [0.25, 0.3) is 0 Å². The molecule has 0 aromatic heterocycles. The SMILES string of the molecule is CC1(C)CC[C@]2(C(=O)O)CC[C@]3(C)C(=CC[C@@H]4[C@@]5(C)CC[C@H](O[C@@H]6O[C@H](C(=O)O)[C@@H](O)[C@H](O)[C@H]6O)C(C)(C)[C@H]5CC[C@]43C)[C@@H]2C1. The zero-order valence-electron chi connectivity index (χ0n) is 28.2. The van der Waals surface area contributed by atoms with E-state index in [1.165, 1.54) is 5.57 Å². The van der Waals surface area contributed by atoms with Gasteiger partial charge >= 0.3 is 11.9 Å². The predicted molar refractivity (Wildman–Crippen MR) is 166 cm³/mol. The smallest absolute Gasteiger partial charge is 0.335 e. The van der Waals surface area contributed by atoms with Crippen molar-refractivity contribution < 1.29 is 44.6 Å². The van der Waals surface area contributed by atoms with Crippen LogP contribution in [0.4, 0.5) is 0 Å². The van der Waals surface area contributed by atoms with Crippen LogP contribution in [0.25, 0.3) is 0 Å². The highest BCUT2D eigenvalue weighted by molar-refractivity contribution is 5.76. The van der Waals surface area contributed by atoms with E-state index in [1.807, 2.05) is 0 Å². The van der Waals surface area contributed by atoms with Crippen LogP contribution in [0.2, 0.25) is 0 Å². The van der Waals surface area contributed by atoms with Crippen LogP contribution in [0, 0.1) is 50.2 Å². The van der Waals surface area contributed by atoms with Crippen LogP contribution < -0.4 is 0 Å². The van der Waals surface area contributed by atoms with E-state index in [0.717, 1.165) is 57.8 Å². The third-order valence-corrected chi connectivity index (χ3v) is 15.1. The minimum absolute atomic E-state index is 0.0000841. The highest BCUT2D eigenvalue weighted by atomic mass is 16.7. The Kier molecular flexibility index (Phi) is 7.78. The standard InChI is InChI=1S/C36H56O9/c1-31(2)14-16-36(30(42)43)17-15-34(6)19(20(36)18-31)8-9-22-33(5)12-11-23(32(3,4)21(33)10-13-35(22,34)7)44-29-26(39)24(37)25(38)27(45-29)28(40)41/h8,20-27,29,37-39H,9-18H2,1-7H3,(H,40,41)(H,42,43)/t20-,21+,22+,23-,24-,25-,26+,27-,29+,33-,34+,35+,36-/m0/s1. The number of allylic oxidation sites excluding steroid dienone is 2. The van der Waals surface area contributed by atoms with Gasteiger partial charge in [-0.1, -0.05) is 60.1 Å². The lowest BCUT2D eigenvalue weighted by Crippen LogP contribution is -2.66. The molecule has 4 saturated carbocycles. The third-order valence-electron chi connectivity index (χ3n) is 15.1. The fourth-order valence-corrected chi connectivity index (χ4v) is 12.2. The Balaban J connectivity index is 1.29. The maximum absolute atomic E-state index is 12.9. The van der Waals surface area contributed by atoms with Crippen molar-refractivity contribution in [3.8, 4) is 0 Å². The van der Waals surface area contributed by atoms with Gasteiger partial charge in [-0.15, -0.1) is 0 Å². The van der Waals surface area contributed by atoms with Crippen molar-refractivity contribution >= 4 is 11.9 Å². The molecule has 1 saturated heterocycles. The molecule has 0 spiro atoms. The summed E-state index contributed by atoms with van der Waals surface area (Å²) in [6.45, 7) is 16.4. The van der Waals surface area contributed by atoms with E-state index in [0.29, 0.717) is 18.3 Å². The van der Waals surface area contributed by atoms with E-state index >= 15 is 0 Å². The summed E-state index contributed by atoms with van der Waals surface area (Å²) in [5.41, 5.74) is 0.508. The van der Waals surface area contributed by atoms with E-state index in [1.54, 1.807) is 0 Å². The van der Waals surface area contributed by atoms with Gasteiger partial charge in [0.15, 0.2) is 12.4 Å². The number of aliphatic carboxylic acids is 2. The largest absolute Gasteiger partial charge is 0.481 e. The van der Waals surface area contributed by atoms with Gasteiger partial charge in [-0.3, -0.25) is 4.79 Å². The van der Waals surface area contributed by atoms with Crippen LogP contribution in [0.1, 0.15) is 113 Å². The van der Waals surface area contributed by atoms with Gasteiger partial charge in [0, 0.05) is 0 Å². The molecule has 1 heterocycles. The fraction of sp³-hybridized carbons (Fsp3) is 0.889. The highest BCUT2D eigenvalue weighted by Crippen LogP contribution is 2.76. The summed E-state index contributed by atoms with van der Waals surface area (Å²) in [6, 6.07) is 0. The Bertz CT molecular complexity index is 1260. The van der Waals surface area contributed by atoms with Crippen molar-refractivity contribution in [2.24, 2.45) is 50.2 Å². The monoisotopic (exact) mass is 632 g/mol. The van der Waals surface area contributed by atoms with Crippen LogP contribution in [-0.2, 0) is 19.1 Å². The second-order valence-electron chi connectivity index (χ2n) is 17.9. The molecule has 1 aliphatic heterocycles. The minimum atomic E-state index is -1.75. The van der Waals surface area contributed by atoms with Crippen molar-refractivity contribution in [1.29, 1.82) is 0 Å². The van der Waals surface area contributed by atoms with E-state index < -0.39 is 48.1 Å². The molecule has 0 aromatic carbocycles. The van der Waals surface area contributed by atoms with Crippen molar-refractivity contribution in [2.75, 3.05) is 0 Å². The number of hydrogen-bond donors (Lipinski definition) is 5. The Labute approximate surface area is 267 Å². The first-order valence-electron chi connectivity index (χ1n) is 17.3.